The van der Waals surface area contributed by atoms with E-state index < -0.39 is 43.3 Å². The largest absolute Gasteiger partial charge is 0.378 e. The zero-order chi connectivity index (χ0) is 35.2. The lowest BCUT2D eigenvalue weighted by Gasteiger charge is -2.40. The van der Waals surface area contributed by atoms with Crippen LogP contribution in [0.5, 0.6) is 0 Å². The summed E-state index contributed by atoms with van der Waals surface area (Å²) in [6, 6.07) is 11.7. The summed E-state index contributed by atoms with van der Waals surface area (Å²) >= 11 is 0. The van der Waals surface area contributed by atoms with Crippen LogP contribution in [0.15, 0.2) is 67.1 Å². The molecule has 0 saturated carbocycles. The molecule has 0 spiro atoms. The third-order valence-electron chi connectivity index (χ3n) is 9.73. The van der Waals surface area contributed by atoms with Gasteiger partial charge in [0.15, 0.2) is 5.69 Å². The van der Waals surface area contributed by atoms with E-state index in [1.807, 2.05) is 6.07 Å². The fourth-order valence-corrected chi connectivity index (χ4v) is 7.70. The van der Waals surface area contributed by atoms with Gasteiger partial charge in [-0.15, -0.1) is 0 Å². The van der Waals surface area contributed by atoms with Crippen LogP contribution in [0, 0.1) is 0 Å². The summed E-state index contributed by atoms with van der Waals surface area (Å²) in [5.41, 5.74) is 0.665. The average molecular weight is 707 g/mol. The van der Waals surface area contributed by atoms with Crippen molar-refractivity contribution in [1.29, 1.82) is 0 Å². The Bertz CT molecular complexity index is 2030. The molecule has 4 amide bonds. The number of carbonyl (C=O) groups excluding carboxylic acids is 4. The number of hydrogen-bond acceptors (Lipinski definition) is 7. The number of imidazole rings is 1. The van der Waals surface area contributed by atoms with Gasteiger partial charge >= 0.3 is 7.60 Å². The molecule has 5 heterocycles. The summed E-state index contributed by atoms with van der Waals surface area (Å²) in [6.07, 6.45) is 4.75. The van der Waals surface area contributed by atoms with Crippen LogP contribution in [0.1, 0.15) is 51.6 Å². The zero-order valence-electron chi connectivity index (χ0n) is 26.9. The molecule has 0 radical (unpaired) electrons. The van der Waals surface area contributed by atoms with Crippen LogP contribution < -0.4 is 5.32 Å². The second-order valence-corrected chi connectivity index (χ2v) is 14.5. The number of hydrogen-bond donors (Lipinski definition) is 3. The Morgan fingerprint density at radius 3 is 2.52 bits per heavy atom. The predicted molar refractivity (Wildman–Crippen MR) is 178 cm³/mol. The minimum atomic E-state index is -5.06. The second-order valence-electron chi connectivity index (χ2n) is 12.8. The van der Waals surface area contributed by atoms with Gasteiger partial charge in [0.2, 0.25) is 17.7 Å². The second kappa shape index (κ2) is 13.6. The number of ether oxygens (including phenoxy) is 1. The first-order valence-electron chi connectivity index (χ1n) is 16.4. The summed E-state index contributed by atoms with van der Waals surface area (Å²) in [6.45, 7) is 1.74. The topological polar surface area (TPSA) is 174 Å². The molecule has 0 aliphatic carbocycles. The van der Waals surface area contributed by atoms with E-state index in [9.17, 15) is 37.9 Å². The Kier molecular flexibility index (Phi) is 9.16. The number of fused-ring (bicyclic) bond motifs is 3. The highest BCUT2D eigenvalue weighted by molar-refractivity contribution is 7.51. The van der Waals surface area contributed by atoms with Gasteiger partial charge in [-0.05, 0) is 65.9 Å². The highest BCUT2D eigenvalue weighted by Gasteiger charge is 2.47. The van der Waals surface area contributed by atoms with Crippen LogP contribution in [-0.2, 0) is 18.9 Å². The van der Waals surface area contributed by atoms with Crippen molar-refractivity contribution in [2.45, 2.75) is 43.3 Å². The SMILES string of the molecule is O=C(N[C@H]1CN(C(=O)c2ncn3ccccc23)CC[C@H]2CC[C@@H](C(=O)N3CCOCC3)N2C1=O)c1ccc2ccc(C(F)P(=O)(O)O)cc2c1. The zero-order valence-corrected chi connectivity index (χ0v) is 27.8. The molecule has 262 valence electrons. The lowest BCUT2D eigenvalue weighted by atomic mass is 10.0. The van der Waals surface area contributed by atoms with E-state index in [4.69, 9.17) is 4.74 Å². The van der Waals surface area contributed by atoms with Gasteiger partial charge in [-0.25, -0.2) is 9.37 Å². The first-order chi connectivity index (χ1) is 24.0. The minimum Gasteiger partial charge on any atom is -0.378 e. The molecular weight excluding hydrogens is 670 g/mol. The fraction of sp³-hybridized carbons (Fsp3) is 0.382. The highest BCUT2D eigenvalue weighted by Crippen LogP contribution is 2.53. The van der Waals surface area contributed by atoms with Gasteiger partial charge in [0.05, 0.1) is 25.3 Å². The molecule has 4 atom stereocenters. The van der Waals surface area contributed by atoms with Crippen LogP contribution in [-0.4, -0.2) is 115 Å². The van der Waals surface area contributed by atoms with Crippen LogP contribution in [0.4, 0.5) is 4.39 Å². The first-order valence-corrected chi connectivity index (χ1v) is 18.1. The van der Waals surface area contributed by atoms with E-state index in [2.05, 4.69) is 10.3 Å². The number of amides is 4. The highest BCUT2D eigenvalue weighted by atomic mass is 31.2. The molecule has 1 unspecified atom stereocenters. The molecule has 4 aromatic rings. The summed E-state index contributed by atoms with van der Waals surface area (Å²) in [7, 11) is -5.06. The third kappa shape index (κ3) is 6.49. The maximum Gasteiger partial charge on any atom is 0.363 e. The number of morpholine rings is 1. The number of nitrogens with zero attached hydrogens (tertiary/aromatic N) is 5. The van der Waals surface area contributed by atoms with Crippen molar-refractivity contribution in [3.8, 4) is 0 Å². The molecule has 3 aliphatic rings. The molecule has 3 fully saturated rings. The molecule has 2 aromatic heterocycles. The van der Waals surface area contributed by atoms with Gasteiger partial charge in [-0.3, -0.25) is 23.7 Å². The normalized spacial score (nSPS) is 22.3. The van der Waals surface area contributed by atoms with Crippen molar-refractivity contribution >= 4 is 47.5 Å². The number of carbonyl (C=O) groups is 4. The average Bonchev–Trinajstić information content (AvgIpc) is 3.75. The number of aromatic nitrogens is 2. The van der Waals surface area contributed by atoms with Crippen LogP contribution in [0.3, 0.4) is 0 Å². The summed E-state index contributed by atoms with van der Waals surface area (Å²) < 4.78 is 33.2. The molecule has 3 aliphatic heterocycles. The van der Waals surface area contributed by atoms with Crippen LogP contribution in [0.2, 0.25) is 0 Å². The summed E-state index contributed by atoms with van der Waals surface area (Å²) in [4.78, 5) is 83.8. The van der Waals surface area contributed by atoms with Crippen molar-refractivity contribution in [2.75, 3.05) is 39.4 Å². The van der Waals surface area contributed by atoms with E-state index in [1.165, 1.54) is 41.6 Å². The summed E-state index contributed by atoms with van der Waals surface area (Å²) in [5.74, 6) is -4.24. The van der Waals surface area contributed by atoms with Crippen molar-refractivity contribution in [2.24, 2.45) is 0 Å². The van der Waals surface area contributed by atoms with Crippen LogP contribution in [0.25, 0.3) is 16.3 Å². The van der Waals surface area contributed by atoms with Gasteiger partial charge in [0.25, 0.3) is 11.8 Å². The minimum absolute atomic E-state index is 0.105. The number of benzene rings is 2. The first kappa shape index (κ1) is 33.8. The quantitative estimate of drug-likeness (QED) is 0.255. The predicted octanol–water partition coefficient (Wildman–Crippen LogP) is 2.50. The maximum atomic E-state index is 14.5. The Balaban J connectivity index is 1.20. The smallest absolute Gasteiger partial charge is 0.363 e. The van der Waals surface area contributed by atoms with Gasteiger partial charge < -0.3 is 38.9 Å². The van der Waals surface area contributed by atoms with Gasteiger partial charge in [0.1, 0.15) is 18.4 Å². The number of alkyl halides is 1. The summed E-state index contributed by atoms with van der Waals surface area (Å²) in [5, 5.41) is 3.76. The maximum absolute atomic E-state index is 14.5. The molecule has 3 N–H and O–H groups in total. The molecule has 14 nitrogen and oxygen atoms in total. The fourth-order valence-electron chi connectivity index (χ4n) is 7.15. The van der Waals surface area contributed by atoms with Crippen molar-refractivity contribution in [1.82, 2.24) is 29.4 Å². The molecule has 3 saturated heterocycles. The van der Waals surface area contributed by atoms with Crippen molar-refractivity contribution in [3.63, 3.8) is 0 Å². The number of nitrogens with one attached hydrogen (secondary N) is 1. The lowest BCUT2D eigenvalue weighted by Crippen LogP contribution is -2.61. The van der Waals surface area contributed by atoms with Gasteiger partial charge in [-0.1, -0.05) is 24.3 Å². The number of halogens is 1. The van der Waals surface area contributed by atoms with Gasteiger partial charge in [0, 0.05) is 37.4 Å². The standard InChI is InChI=1S/C34H36FN6O8P/c35-30(50(46,47)48)22-6-4-21-5-7-23(18-24(21)17-22)31(42)37-26-19-39(34(45)29-27-3-1-2-11-40(27)20-36-29)12-10-25-8-9-28(41(25)32(26)43)33(44)38-13-15-49-16-14-38/h1-7,11,17-18,20,25-26,28,30H,8-10,12-16,19H2,(H,37,42)(H2,46,47,48)/t25-,26+,28+,30?/m1/s1. The van der Waals surface area contributed by atoms with E-state index in [0.29, 0.717) is 61.9 Å². The molecule has 7 rings (SSSR count). The molecule has 16 heteroatoms. The number of rotatable bonds is 6. The molecule has 2 aromatic carbocycles. The van der Waals surface area contributed by atoms with E-state index in [-0.39, 0.29) is 41.9 Å². The third-order valence-corrected chi connectivity index (χ3v) is 10.6. The van der Waals surface area contributed by atoms with Crippen molar-refractivity contribution < 1.29 is 42.7 Å². The lowest BCUT2D eigenvalue weighted by molar-refractivity contribution is -0.149. The Hall–Kier alpha value is -4.69. The van der Waals surface area contributed by atoms with E-state index in [0.717, 1.165) is 0 Å². The molecular formula is C34H36FN6O8P. The Morgan fingerprint density at radius 1 is 0.960 bits per heavy atom. The van der Waals surface area contributed by atoms with Gasteiger partial charge in [-0.2, -0.15) is 0 Å². The molecule has 50 heavy (non-hydrogen) atoms. The van der Waals surface area contributed by atoms with Crippen LogP contribution >= 0.6 is 7.60 Å². The Morgan fingerprint density at radius 2 is 1.74 bits per heavy atom. The Labute approximate surface area is 286 Å². The van der Waals surface area contributed by atoms with E-state index in [1.54, 1.807) is 38.6 Å². The number of pyridine rings is 1. The molecule has 0 bridgehead atoms. The monoisotopic (exact) mass is 706 g/mol. The van der Waals surface area contributed by atoms with Crippen molar-refractivity contribution in [3.05, 3.63) is 83.9 Å². The van der Waals surface area contributed by atoms with E-state index >= 15 is 0 Å².